The SMILES string of the molecule is CCCCS(=O)(=O)N1CCC(C(=O)NC(CC)(CC)C(=O)OC)CC1. The van der Waals surface area contributed by atoms with E-state index in [0.29, 0.717) is 45.2 Å². The molecule has 0 bridgehead atoms. The van der Waals surface area contributed by atoms with Crippen molar-refractivity contribution in [1.29, 1.82) is 0 Å². The molecule has 0 aromatic heterocycles. The summed E-state index contributed by atoms with van der Waals surface area (Å²) in [6.45, 7) is 6.34. The minimum absolute atomic E-state index is 0.164. The third kappa shape index (κ3) is 5.41. The van der Waals surface area contributed by atoms with Crippen molar-refractivity contribution in [3.05, 3.63) is 0 Å². The lowest BCUT2D eigenvalue weighted by Crippen LogP contribution is -2.56. The van der Waals surface area contributed by atoms with Crippen LogP contribution in [-0.4, -0.2) is 56.1 Å². The Kier molecular flexibility index (Phi) is 8.34. The summed E-state index contributed by atoms with van der Waals surface area (Å²) in [5.74, 6) is -0.748. The normalized spacial score (nSPS) is 17.3. The summed E-state index contributed by atoms with van der Waals surface area (Å²) in [4.78, 5) is 24.7. The minimum Gasteiger partial charge on any atom is -0.467 e. The Morgan fingerprint density at radius 2 is 1.72 bits per heavy atom. The Hall–Kier alpha value is -1.15. The average molecular weight is 377 g/mol. The lowest BCUT2D eigenvalue weighted by molar-refractivity contribution is -0.152. The van der Waals surface area contributed by atoms with Crippen LogP contribution in [0.1, 0.15) is 59.3 Å². The van der Waals surface area contributed by atoms with E-state index in [-0.39, 0.29) is 17.6 Å². The molecule has 8 heteroatoms. The molecular weight excluding hydrogens is 344 g/mol. The van der Waals surface area contributed by atoms with Gasteiger partial charge in [0.1, 0.15) is 5.54 Å². The second kappa shape index (κ2) is 9.52. The second-order valence-electron chi connectivity index (χ2n) is 6.61. The van der Waals surface area contributed by atoms with Crippen molar-refractivity contribution in [2.45, 2.75) is 64.8 Å². The van der Waals surface area contributed by atoms with E-state index in [1.165, 1.54) is 11.4 Å². The number of nitrogens with zero attached hydrogens (tertiary/aromatic N) is 1. The van der Waals surface area contributed by atoms with Gasteiger partial charge in [0.25, 0.3) is 0 Å². The molecule has 0 spiro atoms. The second-order valence-corrected chi connectivity index (χ2v) is 8.70. The van der Waals surface area contributed by atoms with Crippen molar-refractivity contribution in [3.8, 4) is 0 Å². The maximum atomic E-state index is 12.6. The highest BCUT2D eigenvalue weighted by atomic mass is 32.2. The van der Waals surface area contributed by atoms with Crippen LogP contribution in [0.2, 0.25) is 0 Å². The van der Waals surface area contributed by atoms with Crippen LogP contribution in [0.4, 0.5) is 0 Å². The largest absolute Gasteiger partial charge is 0.467 e. The number of carbonyl (C=O) groups is 2. The van der Waals surface area contributed by atoms with E-state index >= 15 is 0 Å². The van der Waals surface area contributed by atoms with Crippen LogP contribution in [-0.2, 0) is 24.3 Å². The molecule has 146 valence electrons. The molecule has 0 atom stereocenters. The van der Waals surface area contributed by atoms with Crippen LogP contribution in [0.3, 0.4) is 0 Å². The molecule has 0 aromatic rings. The maximum absolute atomic E-state index is 12.6. The van der Waals surface area contributed by atoms with Gasteiger partial charge in [0, 0.05) is 19.0 Å². The zero-order chi connectivity index (χ0) is 19.1. The number of piperidine rings is 1. The molecule has 1 amide bonds. The summed E-state index contributed by atoms with van der Waals surface area (Å²) >= 11 is 0. The van der Waals surface area contributed by atoms with E-state index in [4.69, 9.17) is 4.74 Å². The van der Waals surface area contributed by atoms with E-state index in [1.807, 2.05) is 20.8 Å². The Bertz CT molecular complexity index is 549. The summed E-state index contributed by atoms with van der Waals surface area (Å²) in [6.07, 6.45) is 3.33. The van der Waals surface area contributed by atoms with Gasteiger partial charge < -0.3 is 10.1 Å². The lowest BCUT2D eigenvalue weighted by Gasteiger charge is -2.34. The van der Waals surface area contributed by atoms with Crippen LogP contribution in [0.5, 0.6) is 0 Å². The first-order chi connectivity index (χ1) is 11.8. The first-order valence-electron chi connectivity index (χ1n) is 9.14. The van der Waals surface area contributed by atoms with Crippen LogP contribution in [0.25, 0.3) is 0 Å². The first-order valence-corrected chi connectivity index (χ1v) is 10.8. The number of hydrogen-bond donors (Lipinski definition) is 1. The van der Waals surface area contributed by atoms with Crippen molar-refractivity contribution in [2.75, 3.05) is 26.0 Å². The maximum Gasteiger partial charge on any atom is 0.331 e. The van der Waals surface area contributed by atoms with E-state index in [0.717, 1.165) is 6.42 Å². The van der Waals surface area contributed by atoms with Crippen molar-refractivity contribution >= 4 is 21.9 Å². The van der Waals surface area contributed by atoms with Gasteiger partial charge in [-0.3, -0.25) is 4.79 Å². The molecule has 1 N–H and O–H groups in total. The third-order valence-corrected chi connectivity index (χ3v) is 7.08. The Balaban J connectivity index is 2.67. The van der Waals surface area contributed by atoms with Crippen LogP contribution < -0.4 is 5.32 Å². The van der Waals surface area contributed by atoms with E-state index in [1.54, 1.807) is 0 Å². The Labute approximate surface area is 151 Å². The topological polar surface area (TPSA) is 92.8 Å². The number of unbranched alkanes of at least 4 members (excludes halogenated alkanes) is 1. The fraction of sp³-hybridized carbons (Fsp3) is 0.882. The molecule has 0 unspecified atom stereocenters. The summed E-state index contributed by atoms with van der Waals surface area (Å²) in [5, 5.41) is 2.86. The number of esters is 1. The highest BCUT2D eigenvalue weighted by Gasteiger charge is 2.40. The number of ether oxygens (including phenoxy) is 1. The molecule has 0 saturated carbocycles. The number of nitrogens with one attached hydrogen (secondary N) is 1. The molecule has 1 saturated heterocycles. The molecule has 0 radical (unpaired) electrons. The molecule has 1 fully saturated rings. The Morgan fingerprint density at radius 1 is 1.16 bits per heavy atom. The van der Waals surface area contributed by atoms with Crippen LogP contribution in [0.15, 0.2) is 0 Å². The van der Waals surface area contributed by atoms with Gasteiger partial charge in [0.15, 0.2) is 0 Å². The van der Waals surface area contributed by atoms with Gasteiger partial charge in [-0.25, -0.2) is 17.5 Å². The smallest absolute Gasteiger partial charge is 0.331 e. The number of sulfonamides is 1. The zero-order valence-electron chi connectivity index (χ0n) is 15.8. The highest BCUT2D eigenvalue weighted by Crippen LogP contribution is 2.23. The molecule has 0 aliphatic carbocycles. The summed E-state index contributed by atoms with van der Waals surface area (Å²) in [6, 6.07) is 0. The van der Waals surface area contributed by atoms with Gasteiger partial charge in [-0.05, 0) is 32.1 Å². The predicted molar refractivity (Wildman–Crippen MR) is 96.5 cm³/mol. The summed E-state index contributed by atoms with van der Waals surface area (Å²) < 4.78 is 30.8. The number of amides is 1. The molecule has 1 rings (SSSR count). The van der Waals surface area contributed by atoms with Gasteiger partial charge in [0.05, 0.1) is 12.9 Å². The molecule has 0 aromatic carbocycles. The number of rotatable bonds is 9. The van der Waals surface area contributed by atoms with Crippen LogP contribution in [0, 0.1) is 5.92 Å². The van der Waals surface area contributed by atoms with Gasteiger partial charge in [-0.15, -0.1) is 0 Å². The Morgan fingerprint density at radius 3 is 2.16 bits per heavy atom. The summed E-state index contributed by atoms with van der Waals surface area (Å²) in [7, 11) is -1.92. The monoisotopic (exact) mass is 376 g/mol. The van der Waals surface area contributed by atoms with E-state index in [2.05, 4.69) is 5.32 Å². The third-order valence-electron chi connectivity index (χ3n) is 5.12. The van der Waals surface area contributed by atoms with E-state index < -0.39 is 21.5 Å². The van der Waals surface area contributed by atoms with Crippen molar-refractivity contribution in [2.24, 2.45) is 5.92 Å². The average Bonchev–Trinajstić information content (AvgIpc) is 2.63. The zero-order valence-corrected chi connectivity index (χ0v) is 16.7. The molecule has 25 heavy (non-hydrogen) atoms. The molecule has 7 nitrogen and oxygen atoms in total. The first kappa shape index (κ1) is 21.9. The van der Waals surface area contributed by atoms with E-state index in [9.17, 15) is 18.0 Å². The summed E-state index contributed by atoms with van der Waals surface area (Å²) in [5.41, 5.74) is -1.00. The number of carbonyl (C=O) groups excluding carboxylic acids is 2. The predicted octanol–water partition coefficient (Wildman–Crippen LogP) is 1.68. The number of methoxy groups -OCH3 is 1. The molecule has 1 aliphatic heterocycles. The standard InChI is InChI=1S/C17H32N2O5S/c1-5-8-13-25(22,23)19-11-9-14(10-12-19)15(20)18-17(6-2,7-3)16(21)24-4/h14H,5-13H2,1-4H3,(H,18,20). The minimum atomic E-state index is -3.23. The quantitative estimate of drug-likeness (QED) is 0.618. The highest BCUT2D eigenvalue weighted by molar-refractivity contribution is 7.89. The molecule has 1 heterocycles. The fourth-order valence-electron chi connectivity index (χ4n) is 3.15. The molecular formula is C17H32N2O5S. The molecule has 1 aliphatic rings. The van der Waals surface area contributed by atoms with Crippen molar-refractivity contribution < 1.29 is 22.7 Å². The fourth-order valence-corrected chi connectivity index (χ4v) is 4.83. The van der Waals surface area contributed by atoms with Crippen molar-refractivity contribution in [3.63, 3.8) is 0 Å². The lowest BCUT2D eigenvalue weighted by atomic mass is 9.90. The number of hydrogen-bond acceptors (Lipinski definition) is 5. The van der Waals surface area contributed by atoms with Crippen molar-refractivity contribution in [1.82, 2.24) is 9.62 Å². The van der Waals surface area contributed by atoms with Crippen LogP contribution >= 0.6 is 0 Å². The van der Waals surface area contributed by atoms with Gasteiger partial charge in [-0.2, -0.15) is 0 Å². The van der Waals surface area contributed by atoms with Gasteiger partial charge in [-0.1, -0.05) is 27.2 Å². The van der Waals surface area contributed by atoms with Gasteiger partial charge in [0.2, 0.25) is 15.9 Å². The van der Waals surface area contributed by atoms with Gasteiger partial charge >= 0.3 is 5.97 Å².